The van der Waals surface area contributed by atoms with E-state index in [-0.39, 0.29) is 0 Å². The normalized spacial score (nSPS) is 58.4. The molecule has 0 nitrogen and oxygen atoms in total. The van der Waals surface area contributed by atoms with Gasteiger partial charge in [0.25, 0.3) is 0 Å². The van der Waals surface area contributed by atoms with Crippen molar-refractivity contribution in [2.75, 3.05) is 6.16 Å². The van der Waals surface area contributed by atoms with E-state index in [4.69, 9.17) is 0 Å². The molecule has 0 aromatic rings. The largest absolute Gasteiger partial charge is 0.0939 e. The maximum Gasteiger partial charge on any atom is -0.00815 e. The van der Waals surface area contributed by atoms with E-state index in [2.05, 4.69) is 6.92 Å². The van der Waals surface area contributed by atoms with Crippen molar-refractivity contribution in [2.45, 2.75) is 101 Å². The van der Waals surface area contributed by atoms with Crippen molar-refractivity contribution >= 4 is 7.92 Å². The van der Waals surface area contributed by atoms with Crippen molar-refractivity contribution < 1.29 is 0 Å². The minimum Gasteiger partial charge on any atom is -0.0939 e. The Kier molecular flexibility index (Phi) is 3.38. The highest BCUT2D eigenvalue weighted by Gasteiger charge is 2.62. The molecule has 0 radical (unpaired) electrons. The van der Waals surface area contributed by atoms with E-state index in [1.807, 2.05) is 0 Å². The maximum atomic E-state index is 2.51. The van der Waals surface area contributed by atoms with Gasteiger partial charge in [0, 0.05) is 0 Å². The quantitative estimate of drug-likeness (QED) is 0.491. The lowest BCUT2D eigenvalue weighted by Crippen LogP contribution is -2.56. The first-order chi connectivity index (χ1) is 11.7. The van der Waals surface area contributed by atoms with Gasteiger partial charge in [-0.3, -0.25) is 0 Å². The molecule has 8 fully saturated rings. The van der Waals surface area contributed by atoms with E-state index < -0.39 is 0 Å². The van der Waals surface area contributed by atoms with Crippen LogP contribution in [0.4, 0.5) is 0 Å². The summed E-state index contributed by atoms with van der Waals surface area (Å²) in [6, 6.07) is 0. The minimum atomic E-state index is 0.291. The van der Waals surface area contributed by atoms with Gasteiger partial charge < -0.3 is 0 Å². The van der Waals surface area contributed by atoms with Gasteiger partial charge in [0.2, 0.25) is 0 Å². The highest BCUT2D eigenvalue weighted by molar-refractivity contribution is 7.61. The Morgan fingerprint density at radius 2 is 0.875 bits per heavy atom. The van der Waals surface area contributed by atoms with Crippen LogP contribution in [-0.4, -0.2) is 16.5 Å². The molecule has 0 saturated heterocycles. The van der Waals surface area contributed by atoms with Crippen LogP contribution in [-0.2, 0) is 0 Å². The molecule has 0 N–H and O–H groups in total. The second kappa shape index (κ2) is 5.24. The molecule has 0 amide bonds. The van der Waals surface area contributed by atoms with Crippen LogP contribution in [0.25, 0.3) is 0 Å². The highest BCUT2D eigenvalue weighted by Crippen LogP contribution is 2.78. The van der Waals surface area contributed by atoms with E-state index in [0.29, 0.717) is 7.92 Å². The Hall–Kier alpha value is 0.430. The Balaban J connectivity index is 1.38. The summed E-state index contributed by atoms with van der Waals surface area (Å²) in [5, 5.41) is 1.76. The molecule has 0 aliphatic heterocycles. The molecule has 8 aliphatic carbocycles. The summed E-state index contributed by atoms with van der Waals surface area (Å²) in [6.07, 6.45) is 23.1. The van der Waals surface area contributed by atoms with Crippen LogP contribution in [0.2, 0.25) is 0 Å². The highest BCUT2D eigenvalue weighted by atomic mass is 31.1. The lowest BCUT2D eigenvalue weighted by molar-refractivity contribution is 0.0185. The number of hydrogen-bond acceptors (Lipinski definition) is 0. The van der Waals surface area contributed by atoms with Gasteiger partial charge in [-0.2, -0.15) is 0 Å². The fourth-order valence-corrected chi connectivity index (χ4v) is 15.3. The zero-order valence-electron chi connectivity index (χ0n) is 15.8. The van der Waals surface area contributed by atoms with E-state index in [9.17, 15) is 0 Å². The molecule has 0 atom stereocenters. The van der Waals surface area contributed by atoms with Crippen LogP contribution < -0.4 is 0 Å². The predicted octanol–water partition coefficient (Wildman–Crippen LogP) is 6.82. The average Bonchev–Trinajstić information content (AvgIpc) is 2.49. The molecule has 24 heavy (non-hydrogen) atoms. The summed E-state index contributed by atoms with van der Waals surface area (Å²) >= 11 is 0. The summed E-state index contributed by atoms with van der Waals surface area (Å²) in [5.41, 5.74) is 0. The van der Waals surface area contributed by atoms with E-state index in [0.717, 1.165) is 45.8 Å². The minimum absolute atomic E-state index is 0.291. The molecule has 1 heteroatoms. The molecule has 8 aliphatic rings. The first kappa shape index (κ1) is 15.5. The van der Waals surface area contributed by atoms with Crippen molar-refractivity contribution in [3.05, 3.63) is 0 Å². The zero-order valence-corrected chi connectivity index (χ0v) is 16.7. The third-order valence-electron chi connectivity index (χ3n) is 9.60. The topological polar surface area (TPSA) is 0 Å². The smallest absolute Gasteiger partial charge is 0.00815 e. The lowest BCUT2D eigenvalue weighted by Gasteiger charge is -2.67. The van der Waals surface area contributed by atoms with E-state index in [1.54, 1.807) is 83.2 Å². The monoisotopic (exact) mass is 344 g/mol. The first-order valence-corrected chi connectivity index (χ1v) is 13.0. The standard InChI is InChI=1S/C23H37P/c1-2-3-24(22-10-16-4-17(11-22)6-18(5-16)12-22)23-13-19-7-20(14-23)9-21(8-19)15-23/h16-21H,2-15H2,1H3. The lowest BCUT2D eigenvalue weighted by atomic mass is 9.55. The average molecular weight is 345 g/mol. The summed E-state index contributed by atoms with van der Waals surface area (Å²) in [6.45, 7) is 2.51. The Morgan fingerprint density at radius 1 is 0.583 bits per heavy atom. The van der Waals surface area contributed by atoms with Crippen LogP contribution in [0.1, 0.15) is 90.4 Å². The molecule has 0 heterocycles. The van der Waals surface area contributed by atoms with Crippen molar-refractivity contribution in [1.82, 2.24) is 0 Å². The van der Waals surface area contributed by atoms with Gasteiger partial charge in [-0.15, -0.1) is 0 Å². The molecule has 8 rings (SSSR count). The predicted molar refractivity (Wildman–Crippen MR) is 104 cm³/mol. The van der Waals surface area contributed by atoms with Crippen LogP contribution in [0, 0.1) is 35.5 Å². The van der Waals surface area contributed by atoms with E-state index in [1.165, 1.54) is 6.42 Å². The molecule has 8 bridgehead atoms. The molecule has 0 aromatic heterocycles. The van der Waals surface area contributed by atoms with Gasteiger partial charge >= 0.3 is 0 Å². The van der Waals surface area contributed by atoms with Gasteiger partial charge in [-0.1, -0.05) is 21.3 Å². The van der Waals surface area contributed by atoms with Crippen molar-refractivity contribution in [3.63, 3.8) is 0 Å². The van der Waals surface area contributed by atoms with Gasteiger partial charge in [-0.05, 0) is 129 Å². The number of rotatable bonds is 4. The summed E-state index contributed by atoms with van der Waals surface area (Å²) in [7, 11) is 0.291. The fraction of sp³-hybridized carbons (Fsp3) is 1.00. The fourth-order valence-electron chi connectivity index (χ4n) is 9.99. The first-order valence-electron chi connectivity index (χ1n) is 11.4. The van der Waals surface area contributed by atoms with Crippen LogP contribution >= 0.6 is 7.92 Å². The zero-order chi connectivity index (χ0) is 15.9. The van der Waals surface area contributed by atoms with Crippen molar-refractivity contribution in [1.29, 1.82) is 0 Å². The van der Waals surface area contributed by atoms with Crippen molar-refractivity contribution in [3.8, 4) is 0 Å². The Bertz CT molecular complexity index is 406. The Morgan fingerprint density at radius 3 is 1.12 bits per heavy atom. The summed E-state index contributed by atoms with van der Waals surface area (Å²) in [5.74, 6) is 6.96. The van der Waals surface area contributed by atoms with E-state index >= 15 is 0 Å². The SMILES string of the molecule is CCCP(C12CC3CC(CC(C3)C1)C2)C12CC3CC(CC(C3)C1)C2. The Labute approximate surface area is 150 Å². The molecule has 8 saturated carbocycles. The van der Waals surface area contributed by atoms with Gasteiger partial charge in [0.15, 0.2) is 0 Å². The van der Waals surface area contributed by atoms with Gasteiger partial charge in [0.1, 0.15) is 0 Å². The maximum absolute atomic E-state index is 2.51. The summed E-state index contributed by atoms with van der Waals surface area (Å²) < 4.78 is 0. The molecule has 134 valence electrons. The van der Waals surface area contributed by atoms with Gasteiger partial charge in [0.05, 0.1) is 0 Å². The molecule has 0 spiro atoms. The third-order valence-corrected chi connectivity index (χ3v) is 13.9. The van der Waals surface area contributed by atoms with Crippen LogP contribution in [0.3, 0.4) is 0 Å². The third kappa shape index (κ3) is 2.14. The number of hydrogen-bond donors (Lipinski definition) is 0. The van der Waals surface area contributed by atoms with Crippen molar-refractivity contribution in [2.24, 2.45) is 35.5 Å². The molecule has 0 aromatic carbocycles. The second-order valence-electron chi connectivity index (χ2n) is 11.4. The van der Waals surface area contributed by atoms with Gasteiger partial charge in [-0.25, -0.2) is 0 Å². The molecular formula is C23H37P. The summed E-state index contributed by atoms with van der Waals surface area (Å²) in [4.78, 5) is 0. The van der Waals surface area contributed by atoms with Crippen LogP contribution in [0.15, 0.2) is 0 Å². The van der Waals surface area contributed by atoms with Crippen LogP contribution in [0.5, 0.6) is 0 Å². The molecular weight excluding hydrogens is 307 g/mol. The molecule has 0 unspecified atom stereocenters. The second-order valence-corrected chi connectivity index (χ2v) is 14.6.